The van der Waals surface area contributed by atoms with Gasteiger partial charge in [-0.3, -0.25) is 9.59 Å². The molecule has 0 fully saturated rings. The van der Waals surface area contributed by atoms with Crippen molar-refractivity contribution in [2.45, 2.75) is 19.8 Å². The molecule has 1 heterocycles. The van der Waals surface area contributed by atoms with Crippen molar-refractivity contribution in [3.05, 3.63) is 50.1 Å². The second-order valence-electron chi connectivity index (χ2n) is 4.93. The number of rotatable bonds is 6. The molecule has 0 aliphatic rings. The van der Waals surface area contributed by atoms with Crippen LogP contribution in [0.3, 0.4) is 0 Å². The van der Waals surface area contributed by atoms with Crippen LogP contribution in [0, 0.1) is 6.92 Å². The second-order valence-corrected chi connectivity index (χ2v) is 6.72. The second kappa shape index (κ2) is 8.82. The Labute approximate surface area is 153 Å². The summed E-state index contributed by atoms with van der Waals surface area (Å²) >= 11 is 13.3. The summed E-state index contributed by atoms with van der Waals surface area (Å²) in [6.45, 7) is 1.96. The van der Waals surface area contributed by atoms with Gasteiger partial charge in [-0.1, -0.05) is 23.2 Å². The third-order valence-electron chi connectivity index (χ3n) is 3.06. The van der Waals surface area contributed by atoms with Crippen molar-refractivity contribution in [1.82, 2.24) is 5.43 Å². The largest absolute Gasteiger partial charge is 0.325 e. The molecule has 0 aliphatic heterocycles. The summed E-state index contributed by atoms with van der Waals surface area (Å²) in [5, 5.41) is 9.29. The Balaban J connectivity index is 1.76. The molecule has 1 aromatic carbocycles. The van der Waals surface area contributed by atoms with E-state index >= 15 is 0 Å². The number of thiophene rings is 1. The van der Waals surface area contributed by atoms with E-state index in [0.29, 0.717) is 15.7 Å². The van der Waals surface area contributed by atoms with E-state index in [2.05, 4.69) is 15.8 Å². The molecule has 0 saturated heterocycles. The first-order chi connectivity index (χ1) is 11.5. The fourth-order valence-corrected chi connectivity index (χ4v) is 3.01. The van der Waals surface area contributed by atoms with Gasteiger partial charge >= 0.3 is 0 Å². The number of nitrogens with zero attached hydrogens (tertiary/aromatic N) is 1. The molecule has 2 aromatic rings. The third kappa shape index (κ3) is 5.63. The summed E-state index contributed by atoms with van der Waals surface area (Å²) in [6, 6.07) is 6.74. The topological polar surface area (TPSA) is 70.6 Å². The number of hydrogen-bond donors (Lipinski definition) is 2. The van der Waals surface area contributed by atoms with Crippen molar-refractivity contribution in [2.24, 2.45) is 5.10 Å². The summed E-state index contributed by atoms with van der Waals surface area (Å²) < 4.78 is 0. The Kier molecular flexibility index (Phi) is 6.78. The van der Waals surface area contributed by atoms with Gasteiger partial charge in [0.1, 0.15) is 0 Å². The van der Waals surface area contributed by atoms with Crippen LogP contribution in [-0.2, 0) is 9.59 Å². The molecule has 24 heavy (non-hydrogen) atoms. The zero-order valence-corrected chi connectivity index (χ0v) is 15.1. The molecule has 2 N–H and O–H groups in total. The molecule has 0 unspecified atom stereocenters. The number of halogens is 2. The highest BCUT2D eigenvalue weighted by atomic mass is 35.5. The minimum atomic E-state index is -0.335. The predicted octanol–water partition coefficient (Wildman–Crippen LogP) is 4.23. The first-order valence-corrected chi connectivity index (χ1v) is 8.70. The van der Waals surface area contributed by atoms with Crippen LogP contribution in [0.5, 0.6) is 0 Å². The number of nitrogens with one attached hydrogen (secondary N) is 2. The molecule has 0 saturated carbocycles. The molecule has 0 atom stereocenters. The third-order valence-corrected chi connectivity index (χ3v) is 4.56. The predicted molar refractivity (Wildman–Crippen MR) is 99.1 cm³/mol. The lowest BCUT2D eigenvalue weighted by Gasteiger charge is -2.07. The molecule has 0 spiro atoms. The van der Waals surface area contributed by atoms with Crippen molar-refractivity contribution in [3.63, 3.8) is 0 Å². The summed E-state index contributed by atoms with van der Waals surface area (Å²) in [4.78, 5) is 24.5. The SMILES string of the molecule is Cc1ccsc1C=NNC(=O)CCC(=O)Nc1ccc(Cl)cc1Cl. The zero-order valence-electron chi connectivity index (χ0n) is 12.8. The summed E-state index contributed by atoms with van der Waals surface area (Å²) in [5.41, 5.74) is 3.95. The van der Waals surface area contributed by atoms with Gasteiger partial charge in [0.25, 0.3) is 0 Å². The van der Waals surface area contributed by atoms with Gasteiger partial charge in [0.2, 0.25) is 11.8 Å². The maximum absolute atomic E-state index is 11.8. The number of benzene rings is 1. The molecular weight excluding hydrogens is 369 g/mol. The molecule has 0 aliphatic carbocycles. The van der Waals surface area contributed by atoms with Crippen LogP contribution in [-0.4, -0.2) is 18.0 Å². The summed E-state index contributed by atoms with van der Waals surface area (Å²) in [7, 11) is 0. The average Bonchev–Trinajstić information content (AvgIpc) is 2.93. The normalized spacial score (nSPS) is 10.8. The molecule has 126 valence electrons. The van der Waals surface area contributed by atoms with E-state index in [1.807, 2.05) is 18.4 Å². The fraction of sp³-hybridized carbons (Fsp3) is 0.188. The molecular formula is C16H15Cl2N3O2S. The molecule has 2 rings (SSSR count). The van der Waals surface area contributed by atoms with Gasteiger partial charge < -0.3 is 5.32 Å². The maximum atomic E-state index is 11.8. The van der Waals surface area contributed by atoms with Crippen molar-refractivity contribution in [3.8, 4) is 0 Å². The van der Waals surface area contributed by atoms with E-state index in [-0.39, 0.29) is 24.7 Å². The van der Waals surface area contributed by atoms with E-state index in [1.54, 1.807) is 18.3 Å². The Morgan fingerprint density at radius 3 is 2.62 bits per heavy atom. The standard InChI is InChI=1S/C16H15Cl2N3O2S/c1-10-6-7-24-14(10)9-19-21-16(23)5-4-15(22)20-13-3-2-11(17)8-12(13)18/h2-3,6-9H,4-5H2,1H3,(H,20,22)(H,21,23). The Morgan fingerprint density at radius 1 is 1.21 bits per heavy atom. The highest BCUT2D eigenvalue weighted by Gasteiger charge is 2.09. The number of hydrazone groups is 1. The number of carbonyl (C=O) groups excluding carboxylic acids is 2. The van der Waals surface area contributed by atoms with E-state index in [9.17, 15) is 9.59 Å². The van der Waals surface area contributed by atoms with Gasteiger partial charge in [-0.2, -0.15) is 5.10 Å². The summed E-state index contributed by atoms with van der Waals surface area (Å²) in [6.07, 6.45) is 1.64. The van der Waals surface area contributed by atoms with Gasteiger partial charge in [-0.05, 0) is 42.1 Å². The molecule has 2 amide bonds. The van der Waals surface area contributed by atoms with Crippen LogP contribution in [0.25, 0.3) is 0 Å². The van der Waals surface area contributed by atoms with E-state index in [1.165, 1.54) is 17.4 Å². The van der Waals surface area contributed by atoms with Gasteiger partial charge in [0.05, 0.1) is 16.9 Å². The highest BCUT2D eigenvalue weighted by Crippen LogP contribution is 2.25. The van der Waals surface area contributed by atoms with Crippen molar-refractivity contribution in [2.75, 3.05) is 5.32 Å². The molecule has 0 radical (unpaired) electrons. The number of aryl methyl sites for hydroxylation is 1. The zero-order chi connectivity index (χ0) is 17.5. The van der Waals surface area contributed by atoms with Crippen LogP contribution < -0.4 is 10.7 Å². The van der Waals surface area contributed by atoms with Gasteiger partial charge in [0, 0.05) is 22.7 Å². The summed E-state index contributed by atoms with van der Waals surface area (Å²) in [5.74, 6) is -0.648. The van der Waals surface area contributed by atoms with Crippen molar-refractivity contribution < 1.29 is 9.59 Å². The number of anilines is 1. The number of hydrogen-bond acceptors (Lipinski definition) is 4. The molecule has 0 bridgehead atoms. The van der Waals surface area contributed by atoms with E-state index < -0.39 is 0 Å². The Bertz CT molecular complexity index is 774. The lowest BCUT2D eigenvalue weighted by molar-refractivity contribution is -0.124. The Hall–Kier alpha value is -1.89. The van der Waals surface area contributed by atoms with Crippen LogP contribution in [0.4, 0.5) is 5.69 Å². The first kappa shape index (κ1) is 18.4. The quantitative estimate of drug-likeness (QED) is 0.578. The maximum Gasteiger partial charge on any atom is 0.240 e. The molecule has 5 nitrogen and oxygen atoms in total. The molecule has 1 aromatic heterocycles. The number of amides is 2. The van der Waals surface area contributed by atoms with Gasteiger partial charge in [-0.15, -0.1) is 11.3 Å². The van der Waals surface area contributed by atoms with Crippen LogP contribution in [0.1, 0.15) is 23.3 Å². The van der Waals surface area contributed by atoms with Gasteiger partial charge in [0.15, 0.2) is 0 Å². The van der Waals surface area contributed by atoms with Crippen molar-refractivity contribution >= 4 is 58.3 Å². The average molecular weight is 384 g/mol. The van der Waals surface area contributed by atoms with Crippen LogP contribution in [0.15, 0.2) is 34.7 Å². The smallest absolute Gasteiger partial charge is 0.240 e. The monoisotopic (exact) mass is 383 g/mol. The Morgan fingerprint density at radius 2 is 1.96 bits per heavy atom. The highest BCUT2D eigenvalue weighted by molar-refractivity contribution is 7.11. The lowest BCUT2D eigenvalue weighted by atomic mass is 10.2. The first-order valence-electron chi connectivity index (χ1n) is 7.06. The fourth-order valence-electron chi connectivity index (χ4n) is 1.77. The minimum absolute atomic E-state index is 0.0256. The molecule has 8 heteroatoms. The minimum Gasteiger partial charge on any atom is -0.325 e. The van der Waals surface area contributed by atoms with Crippen molar-refractivity contribution in [1.29, 1.82) is 0 Å². The van der Waals surface area contributed by atoms with E-state index in [4.69, 9.17) is 23.2 Å². The van der Waals surface area contributed by atoms with E-state index in [0.717, 1.165) is 10.4 Å². The van der Waals surface area contributed by atoms with Crippen LogP contribution >= 0.6 is 34.5 Å². The lowest BCUT2D eigenvalue weighted by Crippen LogP contribution is -2.20. The number of carbonyl (C=O) groups is 2. The van der Waals surface area contributed by atoms with Crippen LogP contribution in [0.2, 0.25) is 10.0 Å². The van der Waals surface area contributed by atoms with Gasteiger partial charge in [-0.25, -0.2) is 5.43 Å².